The standard InChI is InChI=1S/C31H31FN4O2/c1-38-30(37)27-18-22(10-14-28(27)32)26-6-4-5-23-19-33-31(35-29(23)26)34-24-11-7-20-8-12-25(13-9-21(20)17-24)36-15-2-3-16-36/h4-7,10-11,14,17-19,25H,2-3,8-9,12-13,15-16H2,1H3,(H,33,34,35)/t25-/m0/s1. The molecule has 0 amide bonds. The molecule has 194 valence electrons. The predicted molar refractivity (Wildman–Crippen MR) is 147 cm³/mol. The molecule has 1 fully saturated rings. The number of benzene rings is 3. The molecule has 0 saturated carbocycles. The number of nitrogens with one attached hydrogen (secondary N) is 1. The second-order valence-corrected chi connectivity index (χ2v) is 10.2. The summed E-state index contributed by atoms with van der Waals surface area (Å²) < 4.78 is 19.0. The minimum atomic E-state index is -0.712. The Balaban J connectivity index is 1.27. The number of para-hydroxylation sites is 1. The van der Waals surface area contributed by atoms with Crippen LogP contribution >= 0.6 is 0 Å². The molecule has 0 spiro atoms. The highest BCUT2D eigenvalue weighted by atomic mass is 19.1. The third-order valence-electron chi connectivity index (χ3n) is 7.91. The monoisotopic (exact) mass is 510 g/mol. The number of hydrogen-bond donors (Lipinski definition) is 1. The maximum absolute atomic E-state index is 14.2. The number of aryl methyl sites for hydroxylation is 2. The summed E-state index contributed by atoms with van der Waals surface area (Å²) in [6, 6.07) is 17.5. The van der Waals surface area contributed by atoms with E-state index < -0.39 is 11.8 Å². The van der Waals surface area contributed by atoms with Gasteiger partial charge in [-0.2, -0.15) is 0 Å². The summed E-state index contributed by atoms with van der Waals surface area (Å²) in [5, 5.41) is 4.25. The van der Waals surface area contributed by atoms with E-state index in [0.29, 0.717) is 17.6 Å². The van der Waals surface area contributed by atoms with Gasteiger partial charge in [-0.3, -0.25) is 0 Å². The number of hydrogen-bond acceptors (Lipinski definition) is 6. The van der Waals surface area contributed by atoms with Gasteiger partial charge in [-0.25, -0.2) is 19.2 Å². The van der Waals surface area contributed by atoms with Gasteiger partial charge in [0.15, 0.2) is 0 Å². The molecule has 4 aromatic rings. The fourth-order valence-electron chi connectivity index (χ4n) is 5.88. The molecular weight excluding hydrogens is 479 g/mol. The van der Waals surface area contributed by atoms with E-state index in [4.69, 9.17) is 9.72 Å². The molecule has 0 radical (unpaired) electrons. The van der Waals surface area contributed by atoms with Gasteiger partial charge in [0.1, 0.15) is 5.82 Å². The molecular formula is C31H31FN4O2. The van der Waals surface area contributed by atoms with E-state index in [2.05, 4.69) is 33.4 Å². The number of likely N-dealkylation sites (tertiary alicyclic amines) is 1. The molecule has 6 nitrogen and oxygen atoms in total. The third kappa shape index (κ3) is 4.86. The fraction of sp³-hybridized carbons (Fsp3) is 0.323. The molecule has 1 atom stereocenters. The van der Waals surface area contributed by atoms with Crippen LogP contribution in [0.4, 0.5) is 16.0 Å². The first-order valence-corrected chi connectivity index (χ1v) is 13.4. The number of ether oxygens (including phenoxy) is 1. The molecule has 1 aliphatic carbocycles. The van der Waals surface area contributed by atoms with Crippen LogP contribution in [0.1, 0.15) is 47.2 Å². The lowest BCUT2D eigenvalue weighted by Gasteiger charge is -2.25. The SMILES string of the molecule is COC(=O)c1cc(-c2cccc3cnc(Nc4ccc5c(c4)CC[C@@H](N4CCCC4)CC5)nc23)ccc1F. The van der Waals surface area contributed by atoms with Crippen molar-refractivity contribution in [1.29, 1.82) is 0 Å². The van der Waals surface area contributed by atoms with E-state index >= 15 is 0 Å². The number of anilines is 2. The number of carbonyl (C=O) groups excluding carboxylic acids is 1. The summed E-state index contributed by atoms with van der Waals surface area (Å²) in [5.41, 5.74) is 5.89. The lowest BCUT2D eigenvalue weighted by molar-refractivity contribution is 0.0595. The maximum Gasteiger partial charge on any atom is 0.340 e. The number of fused-ring (bicyclic) bond motifs is 2. The first kappa shape index (κ1) is 24.5. The van der Waals surface area contributed by atoms with Crippen LogP contribution in [0.2, 0.25) is 0 Å². The van der Waals surface area contributed by atoms with E-state index in [9.17, 15) is 9.18 Å². The Kier molecular flexibility index (Phi) is 6.77. The van der Waals surface area contributed by atoms with Crippen LogP contribution < -0.4 is 5.32 Å². The first-order chi connectivity index (χ1) is 18.6. The molecule has 1 aromatic heterocycles. The molecule has 0 bridgehead atoms. The average Bonchev–Trinajstić information content (AvgIpc) is 3.40. The predicted octanol–water partition coefficient (Wildman–Crippen LogP) is 6.31. The van der Waals surface area contributed by atoms with Crippen LogP contribution in [0.3, 0.4) is 0 Å². The van der Waals surface area contributed by atoms with Gasteiger partial charge < -0.3 is 15.0 Å². The molecule has 1 aliphatic heterocycles. The van der Waals surface area contributed by atoms with Gasteiger partial charge in [0, 0.05) is 28.9 Å². The lowest BCUT2D eigenvalue weighted by atomic mass is 10.0. The minimum absolute atomic E-state index is 0.105. The van der Waals surface area contributed by atoms with Gasteiger partial charge in [-0.05, 0) is 92.6 Å². The minimum Gasteiger partial charge on any atom is -0.465 e. The zero-order chi connectivity index (χ0) is 26.1. The molecule has 7 heteroatoms. The number of nitrogens with zero attached hydrogens (tertiary/aromatic N) is 3. The zero-order valence-corrected chi connectivity index (χ0v) is 21.5. The van der Waals surface area contributed by atoms with Gasteiger partial charge in [0.2, 0.25) is 5.95 Å². The van der Waals surface area contributed by atoms with Gasteiger partial charge in [-0.15, -0.1) is 0 Å². The highest BCUT2D eigenvalue weighted by Crippen LogP contribution is 2.31. The molecule has 1 saturated heterocycles. The van der Waals surface area contributed by atoms with Crippen molar-refractivity contribution in [2.75, 3.05) is 25.5 Å². The molecule has 0 unspecified atom stereocenters. The van der Waals surface area contributed by atoms with Gasteiger partial charge in [0.05, 0.1) is 18.2 Å². The number of carbonyl (C=O) groups is 1. The fourth-order valence-corrected chi connectivity index (χ4v) is 5.88. The smallest absolute Gasteiger partial charge is 0.340 e. The van der Waals surface area contributed by atoms with Crippen LogP contribution in [0.15, 0.2) is 60.8 Å². The quantitative estimate of drug-likeness (QED) is 0.251. The van der Waals surface area contributed by atoms with Crippen molar-refractivity contribution in [3.8, 4) is 11.1 Å². The summed E-state index contributed by atoms with van der Waals surface area (Å²) in [6.07, 6.45) is 9.09. The number of aromatic nitrogens is 2. The van der Waals surface area contributed by atoms with Crippen molar-refractivity contribution in [3.63, 3.8) is 0 Å². The average molecular weight is 511 g/mol. The third-order valence-corrected chi connectivity index (χ3v) is 7.91. The Morgan fingerprint density at radius 2 is 1.84 bits per heavy atom. The van der Waals surface area contributed by atoms with Crippen LogP contribution in [-0.2, 0) is 17.6 Å². The number of rotatable bonds is 5. The molecule has 2 aliphatic rings. The summed E-state index contributed by atoms with van der Waals surface area (Å²) >= 11 is 0. The Morgan fingerprint density at radius 1 is 1.03 bits per heavy atom. The van der Waals surface area contributed by atoms with Crippen LogP contribution in [0, 0.1) is 5.82 Å². The number of methoxy groups -OCH3 is 1. The highest BCUT2D eigenvalue weighted by molar-refractivity contribution is 5.96. The zero-order valence-electron chi connectivity index (χ0n) is 21.5. The molecule has 1 N–H and O–H groups in total. The number of halogens is 1. The Morgan fingerprint density at radius 3 is 2.66 bits per heavy atom. The maximum atomic E-state index is 14.2. The van der Waals surface area contributed by atoms with Crippen molar-refractivity contribution < 1.29 is 13.9 Å². The van der Waals surface area contributed by atoms with Crippen LogP contribution in [-0.4, -0.2) is 47.1 Å². The largest absolute Gasteiger partial charge is 0.465 e. The molecule has 6 rings (SSSR count). The van der Waals surface area contributed by atoms with Crippen molar-refractivity contribution >= 4 is 28.5 Å². The summed E-state index contributed by atoms with van der Waals surface area (Å²) in [6.45, 7) is 2.49. The Bertz CT molecular complexity index is 1500. The second kappa shape index (κ2) is 10.5. The molecule has 38 heavy (non-hydrogen) atoms. The normalized spacial score (nSPS) is 17.7. The first-order valence-electron chi connectivity index (χ1n) is 13.4. The van der Waals surface area contributed by atoms with Crippen LogP contribution in [0.5, 0.6) is 0 Å². The summed E-state index contributed by atoms with van der Waals surface area (Å²) in [7, 11) is 1.24. The highest BCUT2D eigenvalue weighted by Gasteiger charge is 2.24. The van der Waals surface area contributed by atoms with Gasteiger partial charge in [0.25, 0.3) is 0 Å². The summed E-state index contributed by atoms with van der Waals surface area (Å²) in [5.74, 6) is -0.840. The van der Waals surface area contributed by atoms with E-state index in [1.54, 1.807) is 12.3 Å². The van der Waals surface area contributed by atoms with Crippen molar-refractivity contribution in [3.05, 3.63) is 83.3 Å². The lowest BCUT2D eigenvalue weighted by Crippen LogP contribution is -2.32. The molecule has 2 heterocycles. The van der Waals surface area contributed by atoms with Crippen LogP contribution in [0.25, 0.3) is 22.0 Å². The topological polar surface area (TPSA) is 67.3 Å². The number of esters is 1. The van der Waals surface area contributed by atoms with Gasteiger partial charge >= 0.3 is 5.97 Å². The molecule has 3 aromatic carbocycles. The Labute approximate surface area is 221 Å². The van der Waals surface area contributed by atoms with Crippen molar-refractivity contribution in [1.82, 2.24) is 14.9 Å². The summed E-state index contributed by atoms with van der Waals surface area (Å²) in [4.78, 5) is 24.1. The van der Waals surface area contributed by atoms with Crippen molar-refractivity contribution in [2.24, 2.45) is 0 Å². The van der Waals surface area contributed by atoms with E-state index in [1.807, 2.05) is 18.2 Å². The van der Waals surface area contributed by atoms with E-state index in [-0.39, 0.29) is 5.56 Å². The second-order valence-electron chi connectivity index (χ2n) is 10.2. The van der Waals surface area contributed by atoms with Gasteiger partial charge in [-0.1, -0.05) is 30.3 Å². The van der Waals surface area contributed by atoms with E-state index in [0.717, 1.165) is 35.0 Å². The van der Waals surface area contributed by atoms with E-state index in [1.165, 1.54) is 69.1 Å². The van der Waals surface area contributed by atoms with Crippen molar-refractivity contribution in [2.45, 2.75) is 44.6 Å². The Hall–Kier alpha value is -3.84.